The van der Waals surface area contributed by atoms with Crippen LogP contribution < -0.4 is 10.1 Å². The largest absolute Gasteiger partial charge is 0.490 e. The van der Waals surface area contributed by atoms with Crippen molar-refractivity contribution in [2.75, 3.05) is 18.4 Å². The van der Waals surface area contributed by atoms with E-state index in [9.17, 15) is 20.2 Å². The highest BCUT2D eigenvalue weighted by molar-refractivity contribution is 5.69. The van der Waals surface area contributed by atoms with Crippen LogP contribution in [0.2, 0.25) is 0 Å². The lowest BCUT2D eigenvalue weighted by Crippen LogP contribution is -2.44. The summed E-state index contributed by atoms with van der Waals surface area (Å²) in [5, 5.41) is 23.3. The molecule has 1 aliphatic heterocycles. The molecule has 2 aromatic rings. The summed E-state index contributed by atoms with van der Waals surface area (Å²) in [5.74, 6) is 0.704. The minimum absolute atomic E-state index is 0.00681. The third kappa shape index (κ3) is 6.11. The van der Waals surface area contributed by atoms with Crippen molar-refractivity contribution in [3.63, 3.8) is 0 Å². The third-order valence-corrected chi connectivity index (χ3v) is 4.86. The highest BCUT2D eigenvalue weighted by Gasteiger charge is 2.27. The molecule has 168 valence electrons. The number of nitriles is 1. The van der Waals surface area contributed by atoms with Crippen LogP contribution in [0, 0.1) is 21.4 Å². The van der Waals surface area contributed by atoms with Gasteiger partial charge in [0.15, 0.2) is 0 Å². The molecule has 9 heteroatoms. The lowest BCUT2D eigenvalue weighted by Gasteiger charge is -2.33. The van der Waals surface area contributed by atoms with Gasteiger partial charge in [-0.25, -0.2) is 4.79 Å². The number of likely N-dealkylation sites (tertiary alicyclic amines) is 1. The Hall–Kier alpha value is -3.80. The van der Waals surface area contributed by atoms with Gasteiger partial charge in [0.25, 0.3) is 5.69 Å². The molecule has 9 nitrogen and oxygen atoms in total. The van der Waals surface area contributed by atoms with Gasteiger partial charge in [0.05, 0.1) is 16.2 Å². The normalized spacial score (nSPS) is 14.4. The quantitative estimate of drug-likeness (QED) is 0.516. The Balaban J connectivity index is 1.54. The Bertz CT molecular complexity index is 1020. The molecule has 1 heterocycles. The van der Waals surface area contributed by atoms with E-state index < -0.39 is 10.5 Å². The molecule has 0 aromatic heterocycles. The molecular formula is C23H26N4O5. The number of hydrogen-bond donors (Lipinski definition) is 1. The number of ether oxygens (including phenoxy) is 2. The molecule has 1 amide bonds. The lowest BCUT2D eigenvalue weighted by molar-refractivity contribution is -0.384. The number of nitrogens with one attached hydrogen (secondary N) is 1. The molecule has 0 spiro atoms. The fourth-order valence-corrected chi connectivity index (χ4v) is 3.29. The number of piperidine rings is 1. The van der Waals surface area contributed by atoms with E-state index in [1.807, 2.05) is 51.1 Å². The van der Waals surface area contributed by atoms with Crippen molar-refractivity contribution >= 4 is 23.2 Å². The van der Waals surface area contributed by atoms with Crippen LogP contribution in [0.15, 0.2) is 42.5 Å². The second-order valence-electron chi connectivity index (χ2n) is 8.53. The molecule has 1 aliphatic rings. The topological polar surface area (TPSA) is 118 Å². The van der Waals surface area contributed by atoms with Gasteiger partial charge in [-0.15, -0.1) is 0 Å². The predicted molar refractivity (Wildman–Crippen MR) is 119 cm³/mol. The first kappa shape index (κ1) is 22.9. The summed E-state index contributed by atoms with van der Waals surface area (Å²) >= 11 is 0. The molecule has 3 rings (SSSR count). The summed E-state index contributed by atoms with van der Waals surface area (Å²) in [6.07, 6.45) is 1.14. The van der Waals surface area contributed by atoms with Gasteiger partial charge in [-0.05, 0) is 51.1 Å². The van der Waals surface area contributed by atoms with E-state index in [4.69, 9.17) is 9.47 Å². The maximum absolute atomic E-state index is 12.2. The number of non-ortho nitro benzene ring substituents is 1. The van der Waals surface area contributed by atoms with E-state index in [-0.39, 0.29) is 23.4 Å². The minimum Gasteiger partial charge on any atom is -0.490 e. The van der Waals surface area contributed by atoms with E-state index in [2.05, 4.69) is 5.32 Å². The molecule has 0 unspecified atom stereocenters. The molecule has 0 radical (unpaired) electrons. The van der Waals surface area contributed by atoms with Crippen molar-refractivity contribution in [2.45, 2.75) is 45.3 Å². The zero-order chi connectivity index (χ0) is 23.3. The SMILES string of the molecule is CC(C)(C)OC(=O)N1CCC(Oc2ccc(Nc3ccc([N+](=O)[O-])cc3C#N)cc2)CC1. The second-order valence-corrected chi connectivity index (χ2v) is 8.53. The Labute approximate surface area is 186 Å². The van der Waals surface area contributed by atoms with Crippen LogP contribution in [0.1, 0.15) is 39.2 Å². The minimum atomic E-state index is -0.533. The van der Waals surface area contributed by atoms with Gasteiger partial charge >= 0.3 is 6.09 Å². The molecule has 0 aliphatic carbocycles. The van der Waals surface area contributed by atoms with E-state index in [0.29, 0.717) is 37.4 Å². The number of amides is 1. The van der Waals surface area contributed by atoms with Gasteiger partial charge in [-0.3, -0.25) is 10.1 Å². The Morgan fingerprint density at radius 1 is 1.19 bits per heavy atom. The molecule has 1 fully saturated rings. The first-order valence-electron chi connectivity index (χ1n) is 10.3. The van der Waals surface area contributed by atoms with Crippen LogP contribution in [-0.2, 0) is 4.74 Å². The van der Waals surface area contributed by atoms with Gasteiger partial charge in [-0.2, -0.15) is 5.26 Å². The van der Waals surface area contributed by atoms with Gasteiger partial charge in [-0.1, -0.05) is 0 Å². The molecule has 1 saturated heterocycles. The predicted octanol–water partition coefficient (Wildman–Crippen LogP) is 4.99. The smallest absolute Gasteiger partial charge is 0.410 e. The summed E-state index contributed by atoms with van der Waals surface area (Å²) in [7, 11) is 0. The number of nitro groups is 1. The fraction of sp³-hybridized carbons (Fsp3) is 0.391. The van der Waals surface area contributed by atoms with Crippen LogP contribution in [0.3, 0.4) is 0 Å². The summed E-state index contributed by atoms with van der Waals surface area (Å²) in [5.41, 5.74) is 0.761. The lowest BCUT2D eigenvalue weighted by atomic mass is 10.1. The van der Waals surface area contributed by atoms with Crippen molar-refractivity contribution in [2.24, 2.45) is 0 Å². The maximum Gasteiger partial charge on any atom is 0.410 e. The average molecular weight is 438 g/mol. The third-order valence-electron chi connectivity index (χ3n) is 4.86. The summed E-state index contributed by atoms with van der Waals surface area (Å²) < 4.78 is 11.5. The first-order chi connectivity index (χ1) is 15.1. The highest BCUT2D eigenvalue weighted by atomic mass is 16.6. The number of nitro benzene ring substituents is 1. The summed E-state index contributed by atoms with van der Waals surface area (Å²) in [4.78, 5) is 24.2. The zero-order valence-electron chi connectivity index (χ0n) is 18.3. The van der Waals surface area contributed by atoms with Crippen molar-refractivity contribution < 1.29 is 19.2 Å². The highest BCUT2D eigenvalue weighted by Crippen LogP contribution is 2.27. The van der Waals surface area contributed by atoms with E-state index >= 15 is 0 Å². The van der Waals surface area contributed by atoms with Crippen molar-refractivity contribution in [3.05, 3.63) is 58.1 Å². The van der Waals surface area contributed by atoms with Crippen molar-refractivity contribution in [1.82, 2.24) is 4.90 Å². The Kier molecular flexibility index (Phi) is 6.83. The molecule has 32 heavy (non-hydrogen) atoms. The maximum atomic E-state index is 12.2. The standard InChI is InChI=1S/C23H26N4O5/c1-23(2,3)32-22(28)26-12-10-20(11-13-26)31-19-7-4-17(5-8-19)25-21-9-6-18(27(29)30)14-16(21)15-24/h4-9,14,20,25H,10-13H2,1-3H3. The van der Waals surface area contributed by atoms with E-state index in [1.165, 1.54) is 18.2 Å². The first-order valence-corrected chi connectivity index (χ1v) is 10.3. The molecule has 2 aromatic carbocycles. The number of carbonyl (C=O) groups is 1. The number of anilines is 2. The van der Waals surface area contributed by atoms with Gasteiger partial charge in [0.2, 0.25) is 0 Å². The van der Waals surface area contributed by atoms with Crippen LogP contribution in [0.25, 0.3) is 0 Å². The van der Waals surface area contributed by atoms with Crippen LogP contribution in [0.5, 0.6) is 5.75 Å². The van der Waals surface area contributed by atoms with Crippen LogP contribution >= 0.6 is 0 Å². The fourth-order valence-electron chi connectivity index (χ4n) is 3.29. The second kappa shape index (κ2) is 9.56. The number of rotatable bonds is 5. The average Bonchev–Trinajstić information content (AvgIpc) is 2.74. The van der Waals surface area contributed by atoms with Gasteiger partial charge in [0, 0.05) is 43.8 Å². The van der Waals surface area contributed by atoms with E-state index in [1.54, 1.807) is 4.90 Å². The number of carbonyl (C=O) groups excluding carboxylic acids is 1. The van der Waals surface area contributed by atoms with Crippen molar-refractivity contribution in [1.29, 1.82) is 5.26 Å². The van der Waals surface area contributed by atoms with Crippen molar-refractivity contribution in [3.8, 4) is 11.8 Å². The molecule has 0 saturated carbocycles. The number of nitrogens with zero attached hydrogens (tertiary/aromatic N) is 3. The number of hydrogen-bond acceptors (Lipinski definition) is 7. The number of benzene rings is 2. The molecule has 1 N–H and O–H groups in total. The molecule has 0 bridgehead atoms. The summed E-state index contributed by atoms with van der Waals surface area (Å²) in [6, 6.07) is 13.3. The Morgan fingerprint density at radius 3 is 2.41 bits per heavy atom. The summed E-state index contributed by atoms with van der Waals surface area (Å²) in [6.45, 7) is 6.71. The monoisotopic (exact) mass is 438 g/mol. The Morgan fingerprint density at radius 2 is 1.84 bits per heavy atom. The van der Waals surface area contributed by atoms with E-state index in [0.717, 1.165) is 5.69 Å². The van der Waals surface area contributed by atoms with Crippen LogP contribution in [-0.4, -0.2) is 40.7 Å². The molecular weight excluding hydrogens is 412 g/mol. The van der Waals surface area contributed by atoms with Gasteiger partial charge in [0.1, 0.15) is 23.5 Å². The zero-order valence-corrected chi connectivity index (χ0v) is 18.3. The van der Waals surface area contributed by atoms with Gasteiger partial charge < -0.3 is 19.7 Å². The van der Waals surface area contributed by atoms with Crippen LogP contribution in [0.4, 0.5) is 21.9 Å². The molecule has 0 atom stereocenters.